The molecule has 0 radical (unpaired) electrons. The second-order valence-corrected chi connectivity index (χ2v) is 8.96. The zero-order valence-electron chi connectivity index (χ0n) is 17.7. The maximum absolute atomic E-state index is 13.3. The molecule has 1 heterocycles. The van der Waals surface area contributed by atoms with Crippen LogP contribution in [0.3, 0.4) is 0 Å². The minimum Gasteiger partial charge on any atom is -0.503 e. The number of hydrogen-bond acceptors (Lipinski definition) is 4. The Bertz CT molecular complexity index is 1060. The predicted molar refractivity (Wildman–Crippen MR) is 122 cm³/mol. The van der Waals surface area contributed by atoms with Crippen molar-refractivity contribution < 1.29 is 19.4 Å². The Hall–Kier alpha value is -2.60. The molecule has 2 aliphatic rings. The van der Waals surface area contributed by atoms with Gasteiger partial charge in [-0.05, 0) is 70.4 Å². The van der Waals surface area contributed by atoms with E-state index in [0.717, 1.165) is 23.2 Å². The molecule has 0 fully saturated rings. The van der Waals surface area contributed by atoms with E-state index >= 15 is 0 Å². The normalized spacial score (nSPS) is 21.0. The van der Waals surface area contributed by atoms with E-state index in [1.54, 1.807) is 12.1 Å². The first kappa shape index (κ1) is 21.6. The second kappa shape index (κ2) is 8.87. The Kier molecular flexibility index (Phi) is 6.19. The number of allylic oxidation sites excluding steroid dienone is 2. The zero-order chi connectivity index (χ0) is 22.1. The maximum atomic E-state index is 13.3. The largest absolute Gasteiger partial charge is 0.503 e. The van der Waals surface area contributed by atoms with Crippen molar-refractivity contribution in [2.24, 2.45) is 0 Å². The van der Waals surface area contributed by atoms with Crippen molar-refractivity contribution in [2.45, 2.75) is 51.4 Å². The average Bonchev–Trinajstić information content (AvgIpc) is 2.76. The summed E-state index contributed by atoms with van der Waals surface area (Å²) in [5.41, 5.74) is 4.58. The van der Waals surface area contributed by atoms with Crippen LogP contribution in [0.25, 0.3) is 0 Å². The third kappa shape index (κ3) is 4.26. The van der Waals surface area contributed by atoms with Crippen molar-refractivity contribution in [2.75, 3.05) is 6.61 Å². The van der Waals surface area contributed by atoms with E-state index in [1.165, 1.54) is 5.56 Å². The van der Waals surface area contributed by atoms with Gasteiger partial charge in [0, 0.05) is 30.0 Å². The molecular formula is C25H26BrNO4. The number of carbonyl (C=O) groups is 2. The molecule has 2 aromatic carbocycles. The summed E-state index contributed by atoms with van der Waals surface area (Å²) >= 11 is 3.37. The van der Waals surface area contributed by atoms with E-state index in [4.69, 9.17) is 4.74 Å². The molecule has 6 heteroatoms. The van der Waals surface area contributed by atoms with Gasteiger partial charge < -0.3 is 15.2 Å². The molecule has 1 aliphatic heterocycles. The van der Waals surface area contributed by atoms with E-state index in [-0.39, 0.29) is 35.7 Å². The van der Waals surface area contributed by atoms with Gasteiger partial charge in [-0.2, -0.15) is 0 Å². The molecule has 1 aliphatic carbocycles. The Morgan fingerprint density at radius 2 is 1.81 bits per heavy atom. The van der Waals surface area contributed by atoms with E-state index in [9.17, 15) is 14.7 Å². The van der Waals surface area contributed by atoms with E-state index in [0.29, 0.717) is 35.2 Å². The van der Waals surface area contributed by atoms with Crippen molar-refractivity contribution in [3.63, 3.8) is 0 Å². The first-order valence-corrected chi connectivity index (χ1v) is 11.5. The highest BCUT2D eigenvalue weighted by molar-refractivity contribution is 9.10. The first-order chi connectivity index (χ1) is 14.9. The number of amides is 1. The lowest BCUT2D eigenvalue weighted by molar-refractivity contribution is -0.122. The Morgan fingerprint density at radius 1 is 1.06 bits per heavy atom. The average molecular weight is 484 g/mol. The number of hydrogen-bond donors (Lipinski definition) is 2. The quantitative estimate of drug-likeness (QED) is 0.618. The lowest BCUT2D eigenvalue weighted by Crippen LogP contribution is -2.38. The van der Waals surface area contributed by atoms with Crippen molar-refractivity contribution in [3.05, 3.63) is 68.8 Å². The molecule has 2 N–H and O–H groups in total. The van der Waals surface area contributed by atoms with Crippen LogP contribution in [-0.2, 0) is 16.0 Å². The molecule has 2 atom stereocenters. The van der Waals surface area contributed by atoms with Crippen LogP contribution in [0.2, 0.25) is 0 Å². The van der Waals surface area contributed by atoms with Gasteiger partial charge >= 0.3 is 0 Å². The first-order valence-electron chi connectivity index (χ1n) is 10.7. The minimum absolute atomic E-state index is 0.0191. The molecule has 2 aromatic rings. The highest BCUT2D eigenvalue weighted by Crippen LogP contribution is 2.45. The van der Waals surface area contributed by atoms with E-state index < -0.39 is 0 Å². The Balaban J connectivity index is 1.70. The van der Waals surface area contributed by atoms with Crippen LogP contribution in [0, 0.1) is 0 Å². The third-order valence-electron chi connectivity index (χ3n) is 6.15. The van der Waals surface area contributed by atoms with Crippen LogP contribution >= 0.6 is 15.9 Å². The number of Topliss-reactive ketones (excluding diaryl/α,β-unsaturated/α-hetero) is 1. The number of phenols is 1. The third-order valence-corrected chi connectivity index (χ3v) is 6.75. The molecule has 0 bridgehead atoms. The summed E-state index contributed by atoms with van der Waals surface area (Å²) in [7, 11) is 0. The van der Waals surface area contributed by atoms with Crippen LogP contribution in [0.4, 0.5) is 0 Å². The zero-order valence-corrected chi connectivity index (χ0v) is 19.3. The van der Waals surface area contributed by atoms with Crippen LogP contribution in [0.5, 0.6) is 11.5 Å². The summed E-state index contributed by atoms with van der Waals surface area (Å²) < 4.78 is 6.04. The Labute approximate surface area is 190 Å². The van der Waals surface area contributed by atoms with Crippen molar-refractivity contribution in [1.82, 2.24) is 5.32 Å². The van der Waals surface area contributed by atoms with Crippen molar-refractivity contribution in [3.8, 4) is 11.5 Å². The number of ether oxygens (including phenoxy) is 1. The second-order valence-electron chi connectivity index (χ2n) is 8.10. The minimum atomic E-state index is -0.351. The number of benzene rings is 2. The standard InChI is InChI=1S/C25H26BrNO4/c1-3-14-5-7-15(8-6-14)16-10-20-24(21(28)11-16)18(13-23(29)27-20)17-9-19(26)25(30)22(12-17)31-4-2/h5-9,12,16,18,30H,3-4,10-11,13H2,1-2H3,(H,27,29). The summed E-state index contributed by atoms with van der Waals surface area (Å²) in [5, 5.41) is 13.2. The number of aromatic hydroxyl groups is 1. The molecule has 162 valence electrons. The monoisotopic (exact) mass is 483 g/mol. The lowest BCUT2D eigenvalue weighted by Gasteiger charge is -2.34. The highest BCUT2D eigenvalue weighted by atomic mass is 79.9. The van der Waals surface area contributed by atoms with E-state index in [2.05, 4.69) is 52.4 Å². The summed E-state index contributed by atoms with van der Waals surface area (Å²) in [5.74, 6) is 0.0407. The number of ketones is 1. The number of carbonyl (C=O) groups excluding carboxylic acids is 2. The SMILES string of the molecule is CCOc1cc(C2CC(=O)NC3=C2C(=O)CC(c2ccc(CC)cc2)C3)cc(Br)c1O. The van der Waals surface area contributed by atoms with Crippen molar-refractivity contribution in [1.29, 1.82) is 0 Å². The molecule has 0 spiro atoms. The summed E-state index contributed by atoms with van der Waals surface area (Å²) in [4.78, 5) is 25.8. The summed E-state index contributed by atoms with van der Waals surface area (Å²) in [6.45, 7) is 4.36. The van der Waals surface area contributed by atoms with Gasteiger partial charge in [0.2, 0.25) is 5.91 Å². The number of aryl methyl sites for hydroxylation is 1. The van der Waals surface area contributed by atoms with Crippen LogP contribution in [-0.4, -0.2) is 23.4 Å². The maximum Gasteiger partial charge on any atom is 0.225 e. The molecule has 0 saturated carbocycles. The molecular weight excluding hydrogens is 458 g/mol. The highest BCUT2D eigenvalue weighted by Gasteiger charge is 2.38. The van der Waals surface area contributed by atoms with Crippen molar-refractivity contribution >= 4 is 27.6 Å². The van der Waals surface area contributed by atoms with Crippen LogP contribution < -0.4 is 10.1 Å². The van der Waals surface area contributed by atoms with Gasteiger partial charge in [-0.15, -0.1) is 0 Å². The smallest absolute Gasteiger partial charge is 0.225 e. The molecule has 4 rings (SSSR count). The topological polar surface area (TPSA) is 75.6 Å². The van der Waals surface area contributed by atoms with Crippen LogP contribution in [0.1, 0.15) is 61.6 Å². The Morgan fingerprint density at radius 3 is 2.48 bits per heavy atom. The number of halogens is 1. The van der Waals surface area contributed by atoms with Crippen LogP contribution in [0.15, 0.2) is 52.1 Å². The van der Waals surface area contributed by atoms with Gasteiger partial charge in [-0.25, -0.2) is 0 Å². The summed E-state index contributed by atoms with van der Waals surface area (Å²) in [6.07, 6.45) is 2.23. The molecule has 5 nitrogen and oxygen atoms in total. The predicted octanol–water partition coefficient (Wildman–Crippen LogP) is 5.12. The van der Waals surface area contributed by atoms with Gasteiger partial charge in [-0.1, -0.05) is 31.2 Å². The number of nitrogens with one attached hydrogen (secondary N) is 1. The number of rotatable bonds is 5. The van der Waals surface area contributed by atoms with Gasteiger partial charge in [0.25, 0.3) is 0 Å². The fraction of sp³-hybridized carbons (Fsp3) is 0.360. The summed E-state index contributed by atoms with van der Waals surface area (Å²) in [6, 6.07) is 11.9. The molecule has 2 unspecified atom stereocenters. The van der Waals surface area contributed by atoms with Gasteiger partial charge in [-0.3, -0.25) is 9.59 Å². The van der Waals surface area contributed by atoms with Gasteiger partial charge in [0.05, 0.1) is 11.1 Å². The molecule has 0 aromatic heterocycles. The lowest BCUT2D eigenvalue weighted by atomic mass is 9.73. The fourth-order valence-corrected chi connectivity index (χ4v) is 5.03. The molecule has 0 saturated heterocycles. The fourth-order valence-electron chi connectivity index (χ4n) is 4.57. The number of phenolic OH excluding ortho intramolecular Hbond substituents is 1. The van der Waals surface area contributed by atoms with Gasteiger partial charge in [0.1, 0.15) is 0 Å². The molecule has 31 heavy (non-hydrogen) atoms. The van der Waals surface area contributed by atoms with E-state index in [1.807, 2.05) is 6.92 Å². The molecule has 1 amide bonds. The van der Waals surface area contributed by atoms with Gasteiger partial charge in [0.15, 0.2) is 17.3 Å².